The van der Waals surface area contributed by atoms with Crippen LogP contribution in [0.1, 0.15) is 11.1 Å². The number of hydrogen-bond acceptors (Lipinski definition) is 5. The number of hydrogen-bond donors (Lipinski definition) is 1. The first-order valence-electron chi connectivity index (χ1n) is 9.12. The molecule has 3 rings (SSSR count). The van der Waals surface area contributed by atoms with Crippen LogP contribution in [0.15, 0.2) is 42.5 Å². The SMILES string of the molecule is COc1ccc(CNC(=O)[C@@H]2COCC(=O)N2Cc2ccc(F)cc2)c(OC)c1. The van der Waals surface area contributed by atoms with Crippen LogP contribution in [0.3, 0.4) is 0 Å². The van der Waals surface area contributed by atoms with Gasteiger partial charge < -0.3 is 24.4 Å². The first-order valence-corrected chi connectivity index (χ1v) is 9.12. The minimum Gasteiger partial charge on any atom is -0.497 e. The molecule has 29 heavy (non-hydrogen) atoms. The molecule has 0 unspecified atom stereocenters. The van der Waals surface area contributed by atoms with E-state index in [2.05, 4.69) is 5.32 Å². The molecule has 0 aliphatic carbocycles. The number of carbonyl (C=O) groups excluding carboxylic acids is 2. The van der Waals surface area contributed by atoms with E-state index < -0.39 is 6.04 Å². The maximum atomic E-state index is 13.1. The lowest BCUT2D eigenvalue weighted by Crippen LogP contribution is -2.55. The lowest BCUT2D eigenvalue weighted by atomic mass is 10.1. The van der Waals surface area contributed by atoms with Crippen LogP contribution in [-0.4, -0.2) is 50.2 Å². The molecule has 154 valence electrons. The first-order chi connectivity index (χ1) is 14.0. The van der Waals surface area contributed by atoms with Crippen LogP contribution in [0, 0.1) is 5.82 Å². The number of nitrogens with one attached hydrogen (secondary N) is 1. The van der Waals surface area contributed by atoms with Gasteiger partial charge in [0.25, 0.3) is 0 Å². The van der Waals surface area contributed by atoms with E-state index in [1.165, 1.54) is 24.1 Å². The summed E-state index contributed by atoms with van der Waals surface area (Å²) < 4.78 is 28.9. The van der Waals surface area contributed by atoms with Crippen LogP contribution >= 0.6 is 0 Å². The standard InChI is InChI=1S/C21H23FN2O5/c1-27-17-8-5-15(19(9-17)28-2)10-23-21(26)18-12-29-13-20(25)24(18)11-14-3-6-16(22)7-4-14/h3-9,18H,10-13H2,1-2H3,(H,23,26)/t18-/m0/s1. The summed E-state index contributed by atoms with van der Waals surface area (Å²) in [4.78, 5) is 26.6. The summed E-state index contributed by atoms with van der Waals surface area (Å²) in [6, 6.07) is 10.4. The summed E-state index contributed by atoms with van der Waals surface area (Å²) in [6.07, 6.45) is 0. The van der Waals surface area contributed by atoms with Crippen LogP contribution in [0.4, 0.5) is 4.39 Å². The van der Waals surface area contributed by atoms with Crippen LogP contribution < -0.4 is 14.8 Å². The molecule has 0 bridgehead atoms. The molecule has 0 spiro atoms. The van der Waals surface area contributed by atoms with E-state index in [1.54, 1.807) is 37.4 Å². The minimum atomic E-state index is -0.773. The predicted octanol–water partition coefficient (Wildman–Crippen LogP) is 1.89. The number of carbonyl (C=O) groups is 2. The molecule has 1 aliphatic heterocycles. The average Bonchev–Trinajstić information content (AvgIpc) is 2.74. The molecular formula is C21H23FN2O5. The molecule has 0 saturated carbocycles. The van der Waals surface area contributed by atoms with Gasteiger partial charge in [0.15, 0.2) is 0 Å². The minimum absolute atomic E-state index is 0.0860. The molecule has 1 fully saturated rings. The fraction of sp³-hybridized carbons (Fsp3) is 0.333. The van der Waals surface area contributed by atoms with Crippen molar-refractivity contribution in [2.75, 3.05) is 27.4 Å². The number of methoxy groups -OCH3 is 2. The van der Waals surface area contributed by atoms with Crippen molar-refractivity contribution in [2.45, 2.75) is 19.1 Å². The largest absolute Gasteiger partial charge is 0.497 e. The van der Waals surface area contributed by atoms with Crippen molar-refractivity contribution >= 4 is 11.8 Å². The van der Waals surface area contributed by atoms with E-state index in [-0.39, 0.29) is 43.9 Å². The van der Waals surface area contributed by atoms with E-state index in [9.17, 15) is 14.0 Å². The van der Waals surface area contributed by atoms with E-state index in [4.69, 9.17) is 14.2 Å². The van der Waals surface area contributed by atoms with Gasteiger partial charge in [0.2, 0.25) is 11.8 Å². The Morgan fingerprint density at radius 2 is 1.97 bits per heavy atom. The van der Waals surface area contributed by atoms with Crippen molar-refractivity contribution in [1.29, 1.82) is 0 Å². The third kappa shape index (κ3) is 5.03. The second-order valence-electron chi connectivity index (χ2n) is 6.57. The highest BCUT2D eigenvalue weighted by Gasteiger charge is 2.34. The highest BCUT2D eigenvalue weighted by atomic mass is 19.1. The molecule has 2 aromatic rings. The number of morpholine rings is 1. The molecule has 8 heteroatoms. The normalized spacial score (nSPS) is 16.4. The number of benzene rings is 2. The fourth-order valence-electron chi connectivity index (χ4n) is 3.10. The number of rotatable bonds is 7. The molecule has 2 aromatic carbocycles. The van der Waals surface area contributed by atoms with Crippen molar-refractivity contribution in [1.82, 2.24) is 10.2 Å². The van der Waals surface area contributed by atoms with Gasteiger partial charge in [-0.1, -0.05) is 12.1 Å². The van der Waals surface area contributed by atoms with Crippen molar-refractivity contribution in [2.24, 2.45) is 0 Å². The van der Waals surface area contributed by atoms with Gasteiger partial charge in [-0.25, -0.2) is 4.39 Å². The van der Waals surface area contributed by atoms with Crippen molar-refractivity contribution in [3.05, 3.63) is 59.4 Å². The smallest absolute Gasteiger partial charge is 0.249 e. The van der Waals surface area contributed by atoms with Gasteiger partial charge in [-0.05, 0) is 29.8 Å². The van der Waals surface area contributed by atoms with Crippen molar-refractivity contribution < 1.29 is 28.2 Å². The number of amides is 2. The summed E-state index contributed by atoms with van der Waals surface area (Å²) in [5, 5.41) is 2.83. The molecule has 2 amide bonds. The zero-order valence-electron chi connectivity index (χ0n) is 16.3. The van der Waals surface area contributed by atoms with E-state index in [1.807, 2.05) is 0 Å². The number of ether oxygens (including phenoxy) is 3. The molecule has 7 nitrogen and oxygen atoms in total. The Hall–Kier alpha value is -3.13. The fourth-order valence-corrected chi connectivity index (χ4v) is 3.10. The monoisotopic (exact) mass is 402 g/mol. The summed E-state index contributed by atoms with van der Waals surface area (Å²) in [5.41, 5.74) is 1.51. The summed E-state index contributed by atoms with van der Waals surface area (Å²) >= 11 is 0. The molecule has 1 saturated heterocycles. The Balaban J connectivity index is 1.69. The van der Waals surface area contributed by atoms with Crippen LogP contribution in [0.2, 0.25) is 0 Å². The zero-order valence-corrected chi connectivity index (χ0v) is 16.3. The second kappa shape index (κ2) is 9.38. The molecule has 1 aliphatic rings. The van der Waals surface area contributed by atoms with Gasteiger partial charge >= 0.3 is 0 Å². The quantitative estimate of drug-likeness (QED) is 0.765. The maximum Gasteiger partial charge on any atom is 0.249 e. The van der Waals surface area contributed by atoms with Gasteiger partial charge in [0, 0.05) is 24.7 Å². The van der Waals surface area contributed by atoms with Crippen molar-refractivity contribution in [3.8, 4) is 11.5 Å². The first kappa shape index (κ1) is 20.6. The lowest BCUT2D eigenvalue weighted by Gasteiger charge is -2.34. The number of halogens is 1. The van der Waals surface area contributed by atoms with E-state index in [0.717, 1.165) is 11.1 Å². The molecule has 1 heterocycles. The number of nitrogens with zero attached hydrogens (tertiary/aromatic N) is 1. The van der Waals surface area contributed by atoms with Gasteiger partial charge in [0.1, 0.15) is 30.0 Å². The van der Waals surface area contributed by atoms with Crippen LogP contribution in [0.25, 0.3) is 0 Å². The Labute approximate surface area is 168 Å². The van der Waals surface area contributed by atoms with Gasteiger partial charge in [-0.15, -0.1) is 0 Å². The molecule has 0 radical (unpaired) electrons. The molecule has 1 atom stereocenters. The molecule has 0 aromatic heterocycles. The average molecular weight is 402 g/mol. The summed E-state index contributed by atoms with van der Waals surface area (Å²) in [7, 11) is 3.10. The third-order valence-electron chi connectivity index (χ3n) is 4.71. The Morgan fingerprint density at radius 1 is 1.21 bits per heavy atom. The molecule has 1 N–H and O–H groups in total. The van der Waals surface area contributed by atoms with E-state index in [0.29, 0.717) is 11.5 Å². The van der Waals surface area contributed by atoms with Crippen molar-refractivity contribution in [3.63, 3.8) is 0 Å². The summed E-state index contributed by atoms with van der Waals surface area (Å²) in [6.45, 7) is 0.434. The van der Waals surface area contributed by atoms with Crippen LogP contribution in [0.5, 0.6) is 11.5 Å². The Morgan fingerprint density at radius 3 is 2.66 bits per heavy atom. The van der Waals surface area contributed by atoms with Gasteiger partial charge in [0.05, 0.1) is 20.8 Å². The topological polar surface area (TPSA) is 77.1 Å². The lowest BCUT2D eigenvalue weighted by molar-refractivity contribution is -0.155. The zero-order chi connectivity index (χ0) is 20.8. The maximum absolute atomic E-state index is 13.1. The van der Waals surface area contributed by atoms with E-state index >= 15 is 0 Å². The van der Waals surface area contributed by atoms with Crippen LogP contribution in [-0.2, 0) is 27.4 Å². The van der Waals surface area contributed by atoms with Gasteiger partial charge in [-0.3, -0.25) is 9.59 Å². The predicted molar refractivity (Wildman–Crippen MR) is 103 cm³/mol. The van der Waals surface area contributed by atoms with Gasteiger partial charge in [-0.2, -0.15) is 0 Å². The Bertz CT molecular complexity index is 872. The molecular weight excluding hydrogens is 379 g/mol. The third-order valence-corrected chi connectivity index (χ3v) is 4.71. The Kier molecular flexibility index (Phi) is 6.66. The highest BCUT2D eigenvalue weighted by molar-refractivity contribution is 5.89. The highest BCUT2D eigenvalue weighted by Crippen LogP contribution is 2.24. The summed E-state index contributed by atoms with van der Waals surface area (Å²) in [5.74, 6) is 0.253. The second-order valence-corrected chi connectivity index (χ2v) is 6.57.